The lowest BCUT2D eigenvalue weighted by atomic mass is 9.89. The Balaban J connectivity index is 1.70. The Kier molecular flexibility index (Phi) is 5.67. The summed E-state index contributed by atoms with van der Waals surface area (Å²) in [6.07, 6.45) is 6.05. The number of benzene rings is 1. The van der Waals surface area contributed by atoms with Crippen molar-refractivity contribution < 1.29 is 10.0 Å². The van der Waals surface area contributed by atoms with E-state index in [4.69, 9.17) is 5.41 Å². The van der Waals surface area contributed by atoms with Crippen molar-refractivity contribution >= 4 is 33.7 Å². The Labute approximate surface area is 155 Å². The highest BCUT2D eigenvalue weighted by molar-refractivity contribution is 7.11. The molecule has 0 radical (unpaired) electrons. The predicted molar refractivity (Wildman–Crippen MR) is 102 cm³/mol. The number of nitro benzene ring substituents is 1. The summed E-state index contributed by atoms with van der Waals surface area (Å²) in [5, 5.41) is 35.8. The molecule has 1 saturated carbocycles. The lowest BCUT2D eigenvalue weighted by Crippen LogP contribution is -2.30. The van der Waals surface area contributed by atoms with Crippen molar-refractivity contribution in [3.8, 4) is 5.88 Å². The summed E-state index contributed by atoms with van der Waals surface area (Å²) in [6.45, 7) is 0.699. The van der Waals surface area contributed by atoms with Crippen LogP contribution in [-0.2, 0) is 0 Å². The zero-order valence-electron chi connectivity index (χ0n) is 14.2. The molecule has 4 N–H and O–H groups in total. The van der Waals surface area contributed by atoms with E-state index in [2.05, 4.69) is 15.0 Å². The molecule has 1 aliphatic rings. The van der Waals surface area contributed by atoms with Crippen molar-refractivity contribution in [2.45, 2.75) is 32.1 Å². The minimum atomic E-state index is -0.468. The van der Waals surface area contributed by atoms with E-state index in [1.807, 2.05) is 0 Å². The molecular formula is C17H21N5O3S. The topological polar surface area (TPSA) is 124 Å². The van der Waals surface area contributed by atoms with Crippen LogP contribution < -0.4 is 10.6 Å². The first-order chi connectivity index (χ1) is 12.5. The average Bonchev–Trinajstić information content (AvgIpc) is 3.01. The Morgan fingerprint density at radius 3 is 2.88 bits per heavy atom. The average molecular weight is 375 g/mol. The first-order valence-corrected chi connectivity index (χ1v) is 9.35. The Bertz CT molecular complexity index is 801. The number of nitrogens with zero attached hydrogens (tertiary/aromatic N) is 2. The smallest absolute Gasteiger partial charge is 0.271 e. The molecule has 0 saturated heterocycles. The molecule has 138 valence electrons. The van der Waals surface area contributed by atoms with E-state index < -0.39 is 4.92 Å². The van der Waals surface area contributed by atoms with Crippen LogP contribution >= 0.6 is 11.5 Å². The molecule has 0 aliphatic heterocycles. The third kappa shape index (κ3) is 4.29. The molecule has 0 amide bonds. The van der Waals surface area contributed by atoms with Crippen LogP contribution in [0.25, 0.3) is 0 Å². The zero-order valence-corrected chi connectivity index (χ0v) is 15.0. The summed E-state index contributed by atoms with van der Waals surface area (Å²) >= 11 is 1.01. The molecule has 1 aromatic heterocycles. The fourth-order valence-electron chi connectivity index (χ4n) is 3.15. The molecule has 0 atom stereocenters. The van der Waals surface area contributed by atoms with E-state index >= 15 is 0 Å². The van der Waals surface area contributed by atoms with Gasteiger partial charge in [0.05, 0.1) is 4.92 Å². The van der Waals surface area contributed by atoms with Gasteiger partial charge in [-0.2, -0.15) is 4.37 Å². The van der Waals surface area contributed by atoms with Gasteiger partial charge >= 0.3 is 0 Å². The van der Waals surface area contributed by atoms with Crippen molar-refractivity contribution in [1.82, 2.24) is 9.69 Å². The van der Waals surface area contributed by atoms with Gasteiger partial charge < -0.3 is 15.7 Å². The molecule has 26 heavy (non-hydrogen) atoms. The maximum absolute atomic E-state index is 10.9. The van der Waals surface area contributed by atoms with Gasteiger partial charge in [-0.1, -0.05) is 25.3 Å². The van der Waals surface area contributed by atoms with E-state index in [1.165, 1.54) is 31.4 Å². The van der Waals surface area contributed by atoms with Crippen LogP contribution in [0.3, 0.4) is 0 Å². The molecule has 0 unspecified atom stereocenters. The lowest BCUT2D eigenvalue weighted by molar-refractivity contribution is -0.384. The number of nitrogens with one attached hydrogen (secondary N) is 3. The molecule has 0 bridgehead atoms. The minimum Gasteiger partial charge on any atom is -0.492 e. The van der Waals surface area contributed by atoms with Gasteiger partial charge in [0.1, 0.15) is 16.4 Å². The third-order valence-electron chi connectivity index (χ3n) is 4.53. The molecule has 9 heteroatoms. The first-order valence-electron chi connectivity index (χ1n) is 8.57. The summed E-state index contributed by atoms with van der Waals surface area (Å²) in [4.78, 5) is 10.4. The monoisotopic (exact) mass is 375 g/mol. The Morgan fingerprint density at radius 2 is 2.15 bits per heavy atom. The van der Waals surface area contributed by atoms with Crippen LogP contribution in [0, 0.1) is 21.4 Å². The largest absolute Gasteiger partial charge is 0.492 e. The Hall–Kier alpha value is -2.68. The maximum Gasteiger partial charge on any atom is 0.271 e. The SMILES string of the molecule is N=C(NCC1CCCCC1)c1c(O)nsc1Nc1cccc([N+](=O)[O-])c1. The van der Waals surface area contributed by atoms with Gasteiger partial charge in [0.2, 0.25) is 5.88 Å². The molecule has 3 rings (SSSR count). The number of rotatable bonds is 6. The van der Waals surface area contributed by atoms with Crippen molar-refractivity contribution in [3.05, 3.63) is 39.9 Å². The molecule has 1 aliphatic carbocycles. The van der Waals surface area contributed by atoms with E-state index in [1.54, 1.807) is 12.1 Å². The number of hydrogen-bond donors (Lipinski definition) is 4. The summed E-state index contributed by atoms with van der Waals surface area (Å²) in [7, 11) is 0. The number of anilines is 2. The van der Waals surface area contributed by atoms with Gasteiger partial charge in [0.15, 0.2) is 0 Å². The van der Waals surface area contributed by atoms with Crippen LogP contribution in [0.15, 0.2) is 24.3 Å². The van der Waals surface area contributed by atoms with Gasteiger partial charge in [-0.15, -0.1) is 0 Å². The highest BCUT2D eigenvalue weighted by Gasteiger charge is 2.20. The molecule has 1 heterocycles. The van der Waals surface area contributed by atoms with E-state index in [0.29, 0.717) is 23.2 Å². The second-order valence-corrected chi connectivity index (χ2v) is 7.18. The number of aromatic nitrogens is 1. The van der Waals surface area contributed by atoms with Gasteiger partial charge in [-0.3, -0.25) is 15.5 Å². The highest BCUT2D eigenvalue weighted by Crippen LogP contribution is 2.33. The molecule has 0 spiro atoms. The number of non-ortho nitro benzene ring substituents is 1. The van der Waals surface area contributed by atoms with E-state index in [0.717, 1.165) is 24.4 Å². The predicted octanol–water partition coefficient (Wildman–Crippen LogP) is 4.00. The summed E-state index contributed by atoms with van der Waals surface area (Å²) < 4.78 is 3.91. The first kappa shape index (κ1) is 18.1. The number of nitro groups is 1. The fourth-order valence-corrected chi connectivity index (χ4v) is 3.86. The Morgan fingerprint density at radius 1 is 1.38 bits per heavy atom. The van der Waals surface area contributed by atoms with E-state index in [-0.39, 0.29) is 23.0 Å². The fraction of sp³-hybridized carbons (Fsp3) is 0.412. The normalized spacial score (nSPS) is 14.8. The van der Waals surface area contributed by atoms with Crippen LogP contribution in [0.5, 0.6) is 5.88 Å². The van der Waals surface area contributed by atoms with Gasteiger partial charge in [-0.25, -0.2) is 0 Å². The third-order valence-corrected chi connectivity index (χ3v) is 5.28. The van der Waals surface area contributed by atoms with Crippen molar-refractivity contribution in [1.29, 1.82) is 5.41 Å². The molecule has 8 nitrogen and oxygen atoms in total. The van der Waals surface area contributed by atoms with Crippen molar-refractivity contribution in [2.75, 3.05) is 11.9 Å². The van der Waals surface area contributed by atoms with Gasteiger partial charge in [0, 0.05) is 24.4 Å². The minimum absolute atomic E-state index is 0.0317. The summed E-state index contributed by atoms with van der Waals surface area (Å²) in [5.74, 6) is 0.435. The second-order valence-electron chi connectivity index (χ2n) is 6.40. The van der Waals surface area contributed by atoms with Crippen LogP contribution in [0.2, 0.25) is 0 Å². The highest BCUT2D eigenvalue weighted by atomic mass is 32.1. The number of hydrogen-bond acceptors (Lipinski definition) is 7. The molecule has 1 fully saturated rings. The van der Waals surface area contributed by atoms with Gasteiger partial charge in [0.25, 0.3) is 5.69 Å². The molecule has 2 aromatic rings. The van der Waals surface area contributed by atoms with Crippen LogP contribution in [-0.4, -0.2) is 26.8 Å². The van der Waals surface area contributed by atoms with E-state index in [9.17, 15) is 15.2 Å². The van der Waals surface area contributed by atoms with Crippen LogP contribution in [0.1, 0.15) is 37.7 Å². The molecule has 1 aromatic carbocycles. The second kappa shape index (κ2) is 8.13. The van der Waals surface area contributed by atoms with Crippen LogP contribution in [0.4, 0.5) is 16.4 Å². The summed E-state index contributed by atoms with van der Waals surface area (Å²) in [5.41, 5.74) is 0.761. The van der Waals surface area contributed by atoms with Crippen molar-refractivity contribution in [3.63, 3.8) is 0 Å². The standard InChI is InChI=1S/C17H21N5O3S/c18-15(19-10-11-5-2-1-3-6-11)14-16(23)21-26-17(14)20-12-7-4-8-13(9-12)22(24)25/h4,7-9,11,20H,1-3,5-6,10H2,(H2,18,19)(H,21,23). The number of aromatic hydroxyl groups is 1. The number of amidine groups is 1. The zero-order chi connectivity index (χ0) is 18.5. The quantitative estimate of drug-likeness (QED) is 0.262. The van der Waals surface area contributed by atoms with Crippen molar-refractivity contribution in [2.24, 2.45) is 5.92 Å². The molecular weight excluding hydrogens is 354 g/mol. The lowest BCUT2D eigenvalue weighted by Gasteiger charge is -2.22. The maximum atomic E-state index is 10.9. The summed E-state index contributed by atoms with van der Waals surface area (Å²) in [6, 6.07) is 6.07. The van der Waals surface area contributed by atoms with Gasteiger partial charge in [-0.05, 0) is 36.4 Å².